The van der Waals surface area contributed by atoms with Gasteiger partial charge in [0.05, 0.1) is 7.11 Å². The van der Waals surface area contributed by atoms with Crippen LogP contribution in [-0.2, 0) is 6.42 Å². The zero-order valence-corrected chi connectivity index (χ0v) is 13.0. The standard InChI is InChI=1S/C19H18N2O2/c1-23-15-8-9-18-14(11-15)6-4-10-21(18)19(22)17-12-13-5-2-3-7-16(13)20-17/h2-3,5,7-9,11-12,20H,4,6,10H2,1H3. The summed E-state index contributed by atoms with van der Waals surface area (Å²) in [7, 11) is 1.66. The summed E-state index contributed by atoms with van der Waals surface area (Å²) in [5, 5.41) is 1.06. The molecular formula is C19H18N2O2. The molecule has 0 radical (unpaired) electrons. The highest BCUT2D eigenvalue weighted by atomic mass is 16.5. The molecule has 1 aliphatic heterocycles. The molecule has 1 N–H and O–H groups in total. The van der Waals surface area contributed by atoms with E-state index in [1.165, 1.54) is 5.56 Å². The Labute approximate surface area is 134 Å². The van der Waals surface area contributed by atoms with Crippen LogP contribution in [0.5, 0.6) is 5.75 Å². The van der Waals surface area contributed by atoms with Crippen molar-refractivity contribution in [2.75, 3.05) is 18.6 Å². The average Bonchev–Trinajstić information content (AvgIpc) is 3.04. The first-order valence-corrected chi connectivity index (χ1v) is 7.83. The molecule has 1 aromatic heterocycles. The number of rotatable bonds is 2. The van der Waals surface area contributed by atoms with Crippen molar-refractivity contribution < 1.29 is 9.53 Å². The Hall–Kier alpha value is -2.75. The van der Waals surface area contributed by atoms with Gasteiger partial charge in [-0.2, -0.15) is 0 Å². The van der Waals surface area contributed by atoms with Gasteiger partial charge in [0.15, 0.2) is 0 Å². The average molecular weight is 306 g/mol. The number of aromatic nitrogens is 1. The Kier molecular flexibility index (Phi) is 3.30. The van der Waals surface area contributed by atoms with Crippen LogP contribution in [-0.4, -0.2) is 24.5 Å². The van der Waals surface area contributed by atoms with Crippen LogP contribution < -0.4 is 9.64 Å². The maximum atomic E-state index is 12.9. The number of nitrogens with one attached hydrogen (secondary N) is 1. The monoisotopic (exact) mass is 306 g/mol. The second kappa shape index (κ2) is 5.47. The van der Waals surface area contributed by atoms with E-state index in [1.54, 1.807) is 7.11 Å². The van der Waals surface area contributed by atoms with E-state index < -0.39 is 0 Å². The third-order valence-electron chi connectivity index (χ3n) is 4.41. The number of hydrogen-bond donors (Lipinski definition) is 1. The predicted octanol–water partition coefficient (Wildman–Crippen LogP) is 3.77. The second-order valence-corrected chi connectivity index (χ2v) is 5.83. The lowest BCUT2D eigenvalue weighted by Crippen LogP contribution is -2.35. The molecule has 0 spiro atoms. The molecule has 0 bridgehead atoms. The summed E-state index contributed by atoms with van der Waals surface area (Å²) < 4.78 is 5.29. The number of methoxy groups -OCH3 is 1. The van der Waals surface area contributed by atoms with Crippen molar-refractivity contribution in [1.29, 1.82) is 0 Å². The molecule has 0 aliphatic carbocycles. The van der Waals surface area contributed by atoms with Gasteiger partial charge in [0.25, 0.3) is 5.91 Å². The van der Waals surface area contributed by atoms with Gasteiger partial charge in [-0.05, 0) is 48.7 Å². The molecule has 0 saturated carbocycles. The number of fused-ring (bicyclic) bond motifs is 2. The normalized spacial score (nSPS) is 13.9. The number of aryl methyl sites for hydroxylation is 1. The fourth-order valence-corrected chi connectivity index (χ4v) is 3.25. The molecule has 4 rings (SSSR count). The maximum absolute atomic E-state index is 12.9. The summed E-state index contributed by atoms with van der Waals surface area (Å²) in [6.07, 6.45) is 1.94. The van der Waals surface area contributed by atoms with E-state index in [1.807, 2.05) is 53.4 Å². The predicted molar refractivity (Wildman–Crippen MR) is 91.3 cm³/mol. The van der Waals surface area contributed by atoms with Crippen LogP contribution in [0, 0.1) is 0 Å². The van der Waals surface area contributed by atoms with Gasteiger partial charge >= 0.3 is 0 Å². The Morgan fingerprint density at radius 1 is 1.17 bits per heavy atom. The number of para-hydroxylation sites is 1. The van der Waals surface area contributed by atoms with Crippen LogP contribution in [0.25, 0.3) is 10.9 Å². The molecule has 1 aliphatic rings. The fraction of sp³-hybridized carbons (Fsp3) is 0.211. The van der Waals surface area contributed by atoms with Crippen molar-refractivity contribution in [3.8, 4) is 5.75 Å². The molecular weight excluding hydrogens is 288 g/mol. The zero-order chi connectivity index (χ0) is 15.8. The van der Waals surface area contributed by atoms with Gasteiger partial charge in [-0.3, -0.25) is 4.79 Å². The first-order chi connectivity index (χ1) is 11.3. The van der Waals surface area contributed by atoms with Crippen LogP contribution in [0.2, 0.25) is 0 Å². The van der Waals surface area contributed by atoms with Crippen molar-refractivity contribution in [3.63, 3.8) is 0 Å². The number of benzene rings is 2. The summed E-state index contributed by atoms with van der Waals surface area (Å²) in [5.41, 5.74) is 3.78. The SMILES string of the molecule is COc1ccc2c(c1)CCCN2C(=O)c1cc2ccccc2[nH]1. The van der Waals surface area contributed by atoms with Gasteiger partial charge in [0, 0.05) is 23.1 Å². The summed E-state index contributed by atoms with van der Waals surface area (Å²) in [4.78, 5) is 18.0. The number of hydrogen-bond acceptors (Lipinski definition) is 2. The van der Waals surface area contributed by atoms with Crippen molar-refractivity contribution in [1.82, 2.24) is 4.98 Å². The van der Waals surface area contributed by atoms with Crippen LogP contribution in [0.3, 0.4) is 0 Å². The fourth-order valence-electron chi connectivity index (χ4n) is 3.25. The molecule has 23 heavy (non-hydrogen) atoms. The van der Waals surface area contributed by atoms with Gasteiger partial charge in [0.2, 0.25) is 0 Å². The quantitative estimate of drug-likeness (QED) is 0.783. The first kappa shape index (κ1) is 13.9. The van der Waals surface area contributed by atoms with Crippen molar-refractivity contribution in [2.24, 2.45) is 0 Å². The first-order valence-electron chi connectivity index (χ1n) is 7.83. The number of anilines is 1. The van der Waals surface area contributed by atoms with Gasteiger partial charge < -0.3 is 14.6 Å². The van der Waals surface area contributed by atoms with Crippen LogP contribution in [0.1, 0.15) is 22.5 Å². The van der Waals surface area contributed by atoms with E-state index in [2.05, 4.69) is 4.98 Å². The van der Waals surface area contributed by atoms with Gasteiger partial charge in [-0.25, -0.2) is 0 Å². The highest BCUT2D eigenvalue weighted by molar-refractivity contribution is 6.08. The zero-order valence-electron chi connectivity index (χ0n) is 13.0. The number of ether oxygens (including phenoxy) is 1. The number of amides is 1. The van der Waals surface area contributed by atoms with Crippen LogP contribution in [0.4, 0.5) is 5.69 Å². The van der Waals surface area contributed by atoms with E-state index in [9.17, 15) is 4.79 Å². The van der Waals surface area contributed by atoms with Crippen LogP contribution in [0.15, 0.2) is 48.5 Å². The van der Waals surface area contributed by atoms with E-state index in [4.69, 9.17) is 4.74 Å². The van der Waals surface area contributed by atoms with Crippen molar-refractivity contribution in [2.45, 2.75) is 12.8 Å². The van der Waals surface area contributed by atoms with Crippen molar-refractivity contribution >= 4 is 22.5 Å². The highest BCUT2D eigenvalue weighted by Crippen LogP contribution is 2.31. The molecule has 0 fully saturated rings. The maximum Gasteiger partial charge on any atom is 0.274 e. The van der Waals surface area contributed by atoms with Crippen molar-refractivity contribution in [3.05, 3.63) is 59.8 Å². The van der Waals surface area contributed by atoms with Gasteiger partial charge in [0.1, 0.15) is 11.4 Å². The Morgan fingerprint density at radius 3 is 2.87 bits per heavy atom. The molecule has 0 saturated heterocycles. The van der Waals surface area contributed by atoms with Gasteiger partial charge in [-0.15, -0.1) is 0 Å². The number of aromatic amines is 1. The summed E-state index contributed by atoms with van der Waals surface area (Å²) in [6, 6.07) is 15.8. The second-order valence-electron chi connectivity index (χ2n) is 5.83. The third kappa shape index (κ3) is 2.36. The lowest BCUT2D eigenvalue weighted by atomic mass is 10.0. The Balaban J connectivity index is 1.72. The van der Waals surface area contributed by atoms with E-state index in [-0.39, 0.29) is 5.91 Å². The smallest absolute Gasteiger partial charge is 0.274 e. The highest BCUT2D eigenvalue weighted by Gasteiger charge is 2.25. The minimum Gasteiger partial charge on any atom is -0.497 e. The molecule has 4 heteroatoms. The lowest BCUT2D eigenvalue weighted by Gasteiger charge is -2.29. The molecule has 0 unspecified atom stereocenters. The van der Waals surface area contributed by atoms with E-state index in [0.717, 1.165) is 41.7 Å². The van der Waals surface area contributed by atoms with Crippen LogP contribution >= 0.6 is 0 Å². The number of carbonyl (C=O) groups excluding carboxylic acids is 1. The summed E-state index contributed by atoms with van der Waals surface area (Å²) in [5.74, 6) is 0.857. The van der Waals surface area contributed by atoms with E-state index >= 15 is 0 Å². The Morgan fingerprint density at radius 2 is 2.04 bits per heavy atom. The molecule has 116 valence electrons. The number of H-pyrrole nitrogens is 1. The van der Waals surface area contributed by atoms with Gasteiger partial charge in [-0.1, -0.05) is 18.2 Å². The molecule has 4 nitrogen and oxygen atoms in total. The minimum absolute atomic E-state index is 0.0207. The molecule has 2 aromatic carbocycles. The topological polar surface area (TPSA) is 45.3 Å². The summed E-state index contributed by atoms with van der Waals surface area (Å²) in [6.45, 7) is 0.744. The summed E-state index contributed by atoms with van der Waals surface area (Å²) >= 11 is 0. The molecule has 0 atom stereocenters. The molecule has 2 heterocycles. The minimum atomic E-state index is 0.0207. The molecule has 1 amide bonds. The van der Waals surface area contributed by atoms with E-state index in [0.29, 0.717) is 5.69 Å². The number of carbonyl (C=O) groups is 1. The third-order valence-corrected chi connectivity index (χ3v) is 4.41. The Bertz CT molecular complexity index is 849. The molecule has 3 aromatic rings. The lowest BCUT2D eigenvalue weighted by molar-refractivity contribution is 0.0981. The largest absolute Gasteiger partial charge is 0.497 e. The number of nitrogens with zero attached hydrogens (tertiary/aromatic N) is 1.